The van der Waals surface area contributed by atoms with E-state index in [4.69, 9.17) is 4.52 Å². The van der Waals surface area contributed by atoms with Gasteiger partial charge in [0.05, 0.1) is 11.4 Å². The molecule has 0 unspecified atom stereocenters. The third-order valence-corrected chi connectivity index (χ3v) is 7.20. The Hall–Kier alpha value is -2.70. The van der Waals surface area contributed by atoms with Gasteiger partial charge in [0, 0.05) is 30.2 Å². The van der Waals surface area contributed by atoms with Gasteiger partial charge in [-0.2, -0.15) is 0 Å². The predicted octanol–water partition coefficient (Wildman–Crippen LogP) is 6.91. The molecule has 6 nitrogen and oxygen atoms in total. The minimum atomic E-state index is -0.916. The number of rotatable bonds is 10. The summed E-state index contributed by atoms with van der Waals surface area (Å²) < 4.78 is 20.2. The maximum Gasteiger partial charge on any atom is 0.303 e. The van der Waals surface area contributed by atoms with E-state index in [2.05, 4.69) is 31.2 Å². The molecule has 0 aliphatic heterocycles. The molecule has 1 heterocycles. The zero-order valence-corrected chi connectivity index (χ0v) is 21.2. The number of benzene rings is 1. The summed E-state index contributed by atoms with van der Waals surface area (Å²) in [7, 11) is 0. The molecule has 0 saturated heterocycles. The molecule has 2 aromatic rings. The van der Waals surface area contributed by atoms with Crippen LogP contribution in [0.4, 0.5) is 10.1 Å². The molecular weight excluding hydrogens is 447 g/mol. The van der Waals surface area contributed by atoms with Crippen LogP contribution in [-0.4, -0.2) is 22.1 Å². The van der Waals surface area contributed by atoms with Gasteiger partial charge in [0.15, 0.2) is 0 Å². The average Bonchev–Trinajstić information content (AvgIpc) is 3.47. The van der Waals surface area contributed by atoms with Gasteiger partial charge in [-0.15, -0.1) is 0 Å². The first kappa shape index (κ1) is 25.4. The molecule has 1 atom stereocenters. The van der Waals surface area contributed by atoms with Crippen LogP contribution in [0, 0.1) is 24.1 Å². The number of carboxylic acids is 1. The molecule has 0 spiro atoms. The summed E-state index contributed by atoms with van der Waals surface area (Å²) in [6.45, 7) is 8.58. The number of halogens is 1. The lowest BCUT2D eigenvalue weighted by molar-refractivity contribution is -0.137. The molecule has 4 rings (SSSR count). The Bertz CT molecular complexity index is 1080. The summed E-state index contributed by atoms with van der Waals surface area (Å²) in [5.41, 5.74) is 3.02. The maximum absolute atomic E-state index is 14.3. The van der Waals surface area contributed by atoms with E-state index in [-0.39, 0.29) is 30.9 Å². The van der Waals surface area contributed by atoms with Crippen LogP contribution in [0.1, 0.15) is 112 Å². The number of aryl methyl sites for hydroxylation is 1. The number of aliphatic carboxylic acids is 1. The molecule has 1 aromatic heterocycles. The van der Waals surface area contributed by atoms with Crippen molar-refractivity contribution in [3.8, 4) is 0 Å². The van der Waals surface area contributed by atoms with Crippen LogP contribution in [0.2, 0.25) is 0 Å². The van der Waals surface area contributed by atoms with Crippen LogP contribution in [0.3, 0.4) is 0 Å². The van der Waals surface area contributed by atoms with Crippen molar-refractivity contribution in [3.63, 3.8) is 0 Å². The van der Waals surface area contributed by atoms with Gasteiger partial charge in [0.25, 0.3) is 0 Å². The van der Waals surface area contributed by atoms with Gasteiger partial charge in [-0.25, -0.2) is 4.39 Å². The number of aromatic nitrogens is 1. The van der Waals surface area contributed by atoms with E-state index in [9.17, 15) is 19.1 Å². The number of amides is 1. The molecule has 0 bridgehead atoms. The van der Waals surface area contributed by atoms with Gasteiger partial charge < -0.3 is 14.9 Å². The minimum absolute atomic E-state index is 0.0314. The zero-order chi connectivity index (χ0) is 25.3. The van der Waals surface area contributed by atoms with E-state index in [1.165, 1.54) is 12.5 Å². The highest BCUT2D eigenvalue weighted by Crippen LogP contribution is 2.53. The Morgan fingerprint density at radius 2 is 1.94 bits per heavy atom. The highest BCUT2D eigenvalue weighted by Gasteiger charge is 2.42. The van der Waals surface area contributed by atoms with Crippen LogP contribution in [0.5, 0.6) is 0 Å². The molecule has 7 heteroatoms. The first-order chi connectivity index (χ1) is 16.5. The van der Waals surface area contributed by atoms with E-state index < -0.39 is 17.7 Å². The van der Waals surface area contributed by atoms with Gasteiger partial charge in [-0.3, -0.25) is 9.59 Å². The molecule has 1 amide bonds. The van der Waals surface area contributed by atoms with Crippen molar-refractivity contribution in [2.45, 2.75) is 96.8 Å². The van der Waals surface area contributed by atoms with Crippen LogP contribution < -0.4 is 5.32 Å². The van der Waals surface area contributed by atoms with Crippen LogP contribution >= 0.6 is 0 Å². The number of carbonyl (C=O) groups is 2. The number of carbonyl (C=O) groups excluding carboxylic acids is 1. The summed E-state index contributed by atoms with van der Waals surface area (Å²) in [5, 5.41) is 16.4. The number of anilines is 1. The largest absolute Gasteiger partial charge is 0.481 e. The maximum atomic E-state index is 14.3. The lowest BCUT2D eigenvalue weighted by atomic mass is 9.66. The van der Waals surface area contributed by atoms with Gasteiger partial charge in [0.1, 0.15) is 11.6 Å². The fraction of sp³-hybridized carbons (Fsp3) is 0.607. The molecule has 190 valence electrons. The number of hydrogen-bond donors (Lipinski definition) is 2. The van der Waals surface area contributed by atoms with E-state index in [1.54, 1.807) is 19.1 Å². The second-order valence-corrected chi connectivity index (χ2v) is 11.8. The normalized spacial score (nSPS) is 20.8. The van der Waals surface area contributed by atoms with E-state index in [0.717, 1.165) is 48.3 Å². The SMILES string of the molecule is Cc1ccc(NC(=O)C[C@H](CCC(=O)O)c2noc([C@H]3C[C@H](CC(C)(C)C)C3)c2C2CC2)c(F)c1. The van der Waals surface area contributed by atoms with Crippen molar-refractivity contribution < 1.29 is 23.6 Å². The zero-order valence-electron chi connectivity index (χ0n) is 21.2. The topological polar surface area (TPSA) is 92.4 Å². The Morgan fingerprint density at radius 1 is 1.23 bits per heavy atom. The van der Waals surface area contributed by atoms with E-state index in [0.29, 0.717) is 23.2 Å². The standard InChI is InChI=1S/C28H37FN2O4/c1-16-5-9-22(21(29)11-16)30-23(32)14-19(8-10-24(33)34)26-25(18-6-7-18)27(35-31-26)20-12-17(13-20)15-28(2,3)4/h5,9,11,17-20H,6-8,10,12-15H2,1-4H3,(H,30,32)(H,33,34)/t17-,19-,20-/m0/s1. The minimum Gasteiger partial charge on any atom is -0.481 e. The summed E-state index contributed by atoms with van der Waals surface area (Å²) in [6.07, 6.45) is 5.71. The van der Waals surface area contributed by atoms with Gasteiger partial charge in [-0.05, 0) is 80.4 Å². The first-order valence-electron chi connectivity index (χ1n) is 12.8. The number of hydrogen-bond acceptors (Lipinski definition) is 4. The van der Waals surface area contributed by atoms with Gasteiger partial charge in [-0.1, -0.05) is 32.0 Å². The third kappa shape index (κ3) is 6.50. The molecule has 2 fully saturated rings. The van der Waals surface area contributed by atoms with Gasteiger partial charge in [0.2, 0.25) is 5.91 Å². The average molecular weight is 485 g/mol. The van der Waals surface area contributed by atoms with Crippen LogP contribution in [0.25, 0.3) is 0 Å². The highest BCUT2D eigenvalue weighted by atomic mass is 19.1. The molecule has 2 N–H and O–H groups in total. The molecule has 0 radical (unpaired) electrons. The summed E-state index contributed by atoms with van der Waals surface area (Å²) in [5.74, 6) is 0.184. The summed E-state index contributed by atoms with van der Waals surface area (Å²) in [4.78, 5) is 24.2. The number of nitrogens with zero attached hydrogens (tertiary/aromatic N) is 1. The quantitative estimate of drug-likeness (QED) is 0.382. The summed E-state index contributed by atoms with van der Waals surface area (Å²) >= 11 is 0. The molecule has 35 heavy (non-hydrogen) atoms. The summed E-state index contributed by atoms with van der Waals surface area (Å²) in [6, 6.07) is 4.66. The van der Waals surface area contributed by atoms with Crippen molar-refractivity contribution in [2.24, 2.45) is 11.3 Å². The second kappa shape index (κ2) is 10.1. The molecular formula is C28H37FN2O4. The lowest BCUT2D eigenvalue weighted by Crippen LogP contribution is -2.26. The second-order valence-electron chi connectivity index (χ2n) is 11.8. The monoisotopic (exact) mass is 484 g/mol. The molecule has 2 saturated carbocycles. The van der Waals surface area contributed by atoms with Crippen LogP contribution in [0.15, 0.2) is 22.7 Å². The number of nitrogens with one attached hydrogen (secondary N) is 1. The van der Waals surface area contributed by atoms with Crippen molar-refractivity contribution in [1.82, 2.24) is 5.16 Å². The Labute approximate surface area is 206 Å². The smallest absolute Gasteiger partial charge is 0.303 e. The fourth-order valence-corrected chi connectivity index (χ4v) is 5.46. The van der Waals surface area contributed by atoms with Crippen LogP contribution in [-0.2, 0) is 9.59 Å². The van der Waals surface area contributed by atoms with E-state index >= 15 is 0 Å². The predicted molar refractivity (Wildman–Crippen MR) is 132 cm³/mol. The Morgan fingerprint density at radius 3 is 2.54 bits per heavy atom. The Kier molecular flexibility index (Phi) is 7.34. The molecule has 2 aliphatic rings. The van der Waals surface area contributed by atoms with Gasteiger partial charge >= 0.3 is 5.97 Å². The third-order valence-electron chi connectivity index (χ3n) is 7.20. The fourth-order valence-electron chi connectivity index (χ4n) is 5.46. The van der Waals surface area contributed by atoms with E-state index in [1.807, 2.05) is 0 Å². The lowest BCUT2D eigenvalue weighted by Gasteiger charge is -2.38. The molecule has 1 aromatic carbocycles. The van der Waals surface area contributed by atoms with Crippen molar-refractivity contribution in [3.05, 3.63) is 46.6 Å². The van der Waals surface area contributed by atoms with Crippen molar-refractivity contribution in [2.75, 3.05) is 5.32 Å². The van der Waals surface area contributed by atoms with Crippen molar-refractivity contribution in [1.29, 1.82) is 0 Å². The molecule has 2 aliphatic carbocycles. The first-order valence-corrected chi connectivity index (χ1v) is 12.8. The Balaban J connectivity index is 1.51. The highest BCUT2D eigenvalue weighted by molar-refractivity contribution is 5.91. The number of carboxylic acid groups (broad SMARTS) is 1. The van der Waals surface area contributed by atoms with Crippen molar-refractivity contribution >= 4 is 17.6 Å².